The minimum Gasteiger partial charge on any atom is -0.380 e. The Morgan fingerprint density at radius 2 is 2.23 bits per heavy atom. The molecular weight excluding hydrogens is 170 g/mol. The second-order valence-electron chi connectivity index (χ2n) is 2.45. The van der Waals surface area contributed by atoms with Gasteiger partial charge in [-0.05, 0) is 13.0 Å². The zero-order valence-electron chi connectivity index (χ0n) is 8.03. The van der Waals surface area contributed by atoms with Crippen LogP contribution in [-0.4, -0.2) is 43.9 Å². The topological polar surface area (TPSA) is 46.6 Å². The maximum absolute atomic E-state index is 11.1. The first kappa shape index (κ1) is 11.8. The van der Waals surface area contributed by atoms with Crippen molar-refractivity contribution in [2.24, 2.45) is 0 Å². The van der Waals surface area contributed by atoms with E-state index in [-0.39, 0.29) is 5.91 Å². The number of allylic oxidation sites excluding steroid dienone is 1. The van der Waals surface area contributed by atoms with Gasteiger partial charge in [0.15, 0.2) is 0 Å². The predicted molar refractivity (Wildman–Crippen MR) is 49.3 cm³/mol. The molecule has 4 heteroatoms. The van der Waals surface area contributed by atoms with E-state index < -0.39 is 0 Å². The van der Waals surface area contributed by atoms with Gasteiger partial charge in [0.05, 0.1) is 6.61 Å². The quantitative estimate of drug-likeness (QED) is 0.338. The number of hydrogen-bond donors (Lipinski definition) is 0. The molecule has 0 aromatic rings. The van der Waals surface area contributed by atoms with Crippen LogP contribution in [0.3, 0.4) is 0 Å². The van der Waals surface area contributed by atoms with Crippen molar-refractivity contribution in [3.8, 4) is 0 Å². The molecule has 0 aliphatic carbocycles. The van der Waals surface area contributed by atoms with Crippen LogP contribution in [0.15, 0.2) is 12.2 Å². The molecule has 0 rings (SSSR count). The molecule has 13 heavy (non-hydrogen) atoms. The molecule has 0 saturated carbocycles. The Bertz CT molecular complexity index is 189. The summed E-state index contributed by atoms with van der Waals surface area (Å²) in [6, 6.07) is 0. The van der Waals surface area contributed by atoms with Gasteiger partial charge in [-0.15, -0.1) is 0 Å². The largest absolute Gasteiger partial charge is 0.380 e. The molecule has 4 nitrogen and oxygen atoms in total. The normalized spacial score (nSPS) is 10.3. The zero-order valence-corrected chi connectivity index (χ0v) is 8.03. The van der Waals surface area contributed by atoms with Crippen LogP contribution in [0.5, 0.6) is 0 Å². The Hall–Kier alpha value is -1.16. The molecule has 0 aromatic carbocycles. The van der Waals surface area contributed by atoms with Crippen LogP contribution >= 0.6 is 0 Å². The highest BCUT2D eigenvalue weighted by atomic mass is 16.5. The van der Waals surface area contributed by atoms with Crippen molar-refractivity contribution in [2.45, 2.75) is 6.92 Å². The number of nitrogens with zero attached hydrogens (tertiary/aromatic N) is 1. The van der Waals surface area contributed by atoms with Gasteiger partial charge >= 0.3 is 0 Å². The Balaban J connectivity index is 3.69. The maximum atomic E-state index is 11.1. The molecule has 0 aromatic heterocycles. The molecule has 0 aliphatic heterocycles. The second kappa shape index (κ2) is 7.49. The molecular formula is C9H15NO3. The number of carbonyl (C=O) groups is 2. The summed E-state index contributed by atoms with van der Waals surface area (Å²) >= 11 is 0. The SMILES string of the molecule is CCOCCN(C)C(=O)/C=C\C=O. The van der Waals surface area contributed by atoms with E-state index in [2.05, 4.69) is 0 Å². The van der Waals surface area contributed by atoms with Crippen LogP contribution in [0, 0.1) is 0 Å². The van der Waals surface area contributed by atoms with Gasteiger partial charge < -0.3 is 9.64 Å². The van der Waals surface area contributed by atoms with E-state index in [1.54, 1.807) is 7.05 Å². The standard InChI is InChI=1S/C9H15NO3/c1-3-13-8-6-10(2)9(12)5-4-7-11/h4-5,7H,3,6,8H2,1-2H3/b5-4-. The van der Waals surface area contributed by atoms with Crippen molar-refractivity contribution in [1.29, 1.82) is 0 Å². The van der Waals surface area contributed by atoms with E-state index in [0.717, 1.165) is 0 Å². The van der Waals surface area contributed by atoms with Crippen molar-refractivity contribution in [2.75, 3.05) is 26.8 Å². The fourth-order valence-electron chi connectivity index (χ4n) is 0.705. The lowest BCUT2D eigenvalue weighted by atomic mass is 10.4. The predicted octanol–water partition coefficient (Wildman–Crippen LogP) is 0.236. The third-order valence-corrected chi connectivity index (χ3v) is 1.47. The highest BCUT2D eigenvalue weighted by Gasteiger charge is 2.02. The molecule has 0 spiro atoms. The van der Waals surface area contributed by atoms with Crippen molar-refractivity contribution in [3.63, 3.8) is 0 Å². The average molecular weight is 185 g/mol. The first-order valence-electron chi connectivity index (χ1n) is 4.17. The Kier molecular flexibility index (Phi) is 6.82. The number of aldehydes is 1. The van der Waals surface area contributed by atoms with E-state index in [1.807, 2.05) is 6.92 Å². The second-order valence-corrected chi connectivity index (χ2v) is 2.45. The van der Waals surface area contributed by atoms with Crippen LogP contribution in [0.4, 0.5) is 0 Å². The molecule has 0 aliphatic rings. The smallest absolute Gasteiger partial charge is 0.246 e. The number of ether oxygens (including phenoxy) is 1. The maximum Gasteiger partial charge on any atom is 0.246 e. The number of carbonyl (C=O) groups excluding carboxylic acids is 2. The van der Waals surface area contributed by atoms with Crippen LogP contribution < -0.4 is 0 Å². The number of amides is 1. The van der Waals surface area contributed by atoms with Crippen LogP contribution in [0.2, 0.25) is 0 Å². The summed E-state index contributed by atoms with van der Waals surface area (Å²) in [5.74, 6) is -0.188. The molecule has 74 valence electrons. The molecule has 0 saturated heterocycles. The van der Waals surface area contributed by atoms with Crippen molar-refractivity contribution in [3.05, 3.63) is 12.2 Å². The average Bonchev–Trinajstić information content (AvgIpc) is 2.14. The van der Waals surface area contributed by atoms with Crippen molar-refractivity contribution in [1.82, 2.24) is 4.90 Å². The highest BCUT2D eigenvalue weighted by Crippen LogP contribution is 1.87. The van der Waals surface area contributed by atoms with Crippen LogP contribution in [0.1, 0.15) is 6.92 Å². The number of hydrogen-bond acceptors (Lipinski definition) is 3. The first-order valence-corrected chi connectivity index (χ1v) is 4.17. The fourth-order valence-corrected chi connectivity index (χ4v) is 0.705. The van der Waals surface area contributed by atoms with E-state index in [9.17, 15) is 9.59 Å². The molecule has 0 heterocycles. The van der Waals surface area contributed by atoms with Crippen molar-refractivity contribution >= 4 is 12.2 Å². The van der Waals surface area contributed by atoms with Gasteiger partial charge in [0.2, 0.25) is 5.91 Å². The lowest BCUT2D eigenvalue weighted by Gasteiger charge is -2.14. The zero-order chi connectivity index (χ0) is 10.1. The summed E-state index contributed by atoms with van der Waals surface area (Å²) in [4.78, 5) is 22.5. The summed E-state index contributed by atoms with van der Waals surface area (Å²) in [5, 5.41) is 0. The molecule has 0 bridgehead atoms. The monoisotopic (exact) mass is 185 g/mol. The Labute approximate surface area is 78.2 Å². The summed E-state index contributed by atoms with van der Waals surface area (Å²) < 4.78 is 5.07. The molecule has 0 unspecified atom stereocenters. The Morgan fingerprint density at radius 3 is 2.77 bits per heavy atom. The molecule has 1 amide bonds. The van der Waals surface area contributed by atoms with Gasteiger partial charge in [-0.25, -0.2) is 0 Å². The summed E-state index contributed by atoms with van der Waals surface area (Å²) in [6.07, 6.45) is 2.99. The van der Waals surface area contributed by atoms with Gasteiger partial charge in [0.1, 0.15) is 6.29 Å². The number of likely N-dealkylation sites (N-methyl/N-ethyl adjacent to an activating group) is 1. The fraction of sp³-hybridized carbons (Fsp3) is 0.556. The summed E-state index contributed by atoms with van der Waals surface area (Å²) in [5.41, 5.74) is 0. The van der Waals surface area contributed by atoms with Gasteiger partial charge in [-0.3, -0.25) is 9.59 Å². The third-order valence-electron chi connectivity index (χ3n) is 1.47. The Morgan fingerprint density at radius 1 is 1.54 bits per heavy atom. The molecule has 0 N–H and O–H groups in total. The first-order chi connectivity index (χ1) is 6.22. The highest BCUT2D eigenvalue weighted by molar-refractivity contribution is 5.90. The van der Waals surface area contributed by atoms with Crippen LogP contribution in [0.25, 0.3) is 0 Å². The van der Waals surface area contributed by atoms with E-state index >= 15 is 0 Å². The van der Waals surface area contributed by atoms with Gasteiger partial charge in [-0.2, -0.15) is 0 Å². The lowest BCUT2D eigenvalue weighted by molar-refractivity contribution is -0.125. The third kappa shape index (κ3) is 6.04. The van der Waals surface area contributed by atoms with Gasteiger partial charge in [-0.1, -0.05) is 0 Å². The van der Waals surface area contributed by atoms with Gasteiger partial charge in [0, 0.05) is 26.3 Å². The minimum absolute atomic E-state index is 0.188. The van der Waals surface area contributed by atoms with Crippen molar-refractivity contribution < 1.29 is 14.3 Å². The van der Waals surface area contributed by atoms with Gasteiger partial charge in [0.25, 0.3) is 0 Å². The van der Waals surface area contributed by atoms with E-state index in [1.165, 1.54) is 17.1 Å². The van der Waals surface area contributed by atoms with Crippen LogP contribution in [-0.2, 0) is 14.3 Å². The lowest BCUT2D eigenvalue weighted by Crippen LogP contribution is -2.28. The summed E-state index contributed by atoms with van der Waals surface area (Å²) in [7, 11) is 1.66. The number of rotatable bonds is 6. The minimum atomic E-state index is -0.188. The molecule has 0 atom stereocenters. The van der Waals surface area contributed by atoms with E-state index in [0.29, 0.717) is 26.0 Å². The molecule has 0 fully saturated rings. The summed E-state index contributed by atoms with van der Waals surface area (Å²) in [6.45, 7) is 3.60. The molecule has 0 radical (unpaired) electrons. The van der Waals surface area contributed by atoms with E-state index in [4.69, 9.17) is 4.74 Å².